The van der Waals surface area contributed by atoms with Gasteiger partial charge < -0.3 is 5.73 Å². The lowest BCUT2D eigenvalue weighted by Crippen LogP contribution is -1.83. The van der Waals surface area contributed by atoms with E-state index in [4.69, 9.17) is 5.73 Å². The molecule has 0 radical (unpaired) electrons. The number of rotatable bonds is 16. The standard InChI is InChI=1S/C22H39N/c1-2-3-4-5-6-7-8-9-10-11-12-13-14-15-16-17-18-19-20-21-22-23/h2-18,23H2,1H3. The van der Waals surface area contributed by atoms with Gasteiger partial charge in [0.15, 0.2) is 0 Å². The summed E-state index contributed by atoms with van der Waals surface area (Å²) >= 11 is 0. The van der Waals surface area contributed by atoms with Crippen molar-refractivity contribution >= 4 is 0 Å². The number of unbranched alkanes of at least 4 members (excludes halogenated alkanes) is 16. The van der Waals surface area contributed by atoms with Crippen LogP contribution in [0.5, 0.6) is 0 Å². The van der Waals surface area contributed by atoms with Crippen LogP contribution in [-0.2, 0) is 0 Å². The third-order valence-corrected chi connectivity index (χ3v) is 4.38. The second-order valence-corrected chi connectivity index (χ2v) is 6.62. The molecule has 1 nitrogen and oxygen atoms in total. The summed E-state index contributed by atoms with van der Waals surface area (Å²) in [5.74, 6) is 8.35. The second kappa shape index (κ2) is 20.9. The maximum absolute atomic E-state index is 5.04. The average Bonchev–Trinajstić information content (AvgIpc) is 2.57. The van der Waals surface area contributed by atoms with E-state index in [-0.39, 0.29) is 0 Å². The van der Waals surface area contributed by atoms with E-state index in [1.165, 1.54) is 103 Å². The molecule has 132 valence electrons. The topological polar surface area (TPSA) is 26.0 Å². The predicted molar refractivity (Wildman–Crippen MR) is 104 cm³/mol. The first-order valence-electron chi connectivity index (χ1n) is 10.1. The summed E-state index contributed by atoms with van der Waals surface area (Å²) in [6.07, 6.45) is 23.5. The maximum atomic E-state index is 5.04. The van der Waals surface area contributed by atoms with Crippen molar-refractivity contribution in [2.75, 3.05) is 0 Å². The molecule has 0 aliphatic carbocycles. The molecule has 0 spiro atoms. The Morgan fingerprint density at radius 2 is 0.913 bits per heavy atom. The van der Waals surface area contributed by atoms with Crippen molar-refractivity contribution in [3.63, 3.8) is 0 Å². The molecule has 0 atom stereocenters. The molecule has 0 aliphatic heterocycles. The fourth-order valence-corrected chi connectivity index (χ4v) is 2.90. The van der Waals surface area contributed by atoms with E-state index < -0.39 is 0 Å². The van der Waals surface area contributed by atoms with Crippen LogP contribution in [0.15, 0.2) is 0 Å². The minimum absolute atomic E-state index is 0.965. The molecule has 0 bridgehead atoms. The summed E-state index contributed by atoms with van der Waals surface area (Å²) in [6, 6.07) is 2.30. The quantitative estimate of drug-likeness (QED) is 0.195. The van der Waals surface area contributed by atoms with Gasteiger partial charge >= 0.3 is 0 Å². The van der Waals surface area contributed by atoms with E-state index in [9.17, 15) is 0 Å². The van der Waals surface area contributed by atoms with E-state index in [1.54, 1.807) is 0 Å². The van der Waals surface area contributed by atoms with Crippen LogP contribution in [0.4, 0.5) is 0 Å². The molecule has 23 heavy (non-hydrogen) atoms. The van der Waals surface area contributed by atoms with Crippen LogP contribution >= 0.6 is 0 Å². The Morgan fingerprint density at radius 3 is 1.30 bits per heavy atom. The largest absolute Gasteiger partial charge is 0.359 e. The molecular formula is C22H39N. The number of hydrogen-bond donors (Lipinski definition) is 1. The lowest BCUT2D eigenvalue weighted by atomic mass is 10.0. The smallest absolute Gasteiger partial charge is 0.0159 e. The van der Waals surface area contributed by atoms with Crippen molar-refractivity contribution in [1.82, 2.24) is 0 Å². The van der Waals surface area contributed by atoms with Gasteiger partial charge in [0.05, 0.1) is 0 Å². The van der Waals surface area contributed by atoms with Crippen LogP contribution in [0, 0.1) is 23.8 Å². The van der Waals surface area contributed by atoms with Gasteiger partial charge in [-0.3, -0.25) is 0 Å². The Kier molecular flexibility index (Phi) is 19.9. The summed E-state index contributed by atoms with van der Waals surface area (Å²) in [4.78, 5) is 0. The average molecular weight is 318 g/mol. The van der Waals surface area contributed by atoms with Gasteiger partial charge in [-0.05, 0) is 12.3 Å². The number of nitrogens with two attached hydrogens (primary N) is 1. The minimum Gasteiger partial charge on any atom is -0.359 e. The van der Waals surface area contributed by atoms with E-state index in [1.807, 2.05) is 0 Å². The van der Waals surface area contributed by atoms with Crippen molar-refractivity contribution < 1.29 is 0 Å². The van der Waals surface area contributed by atoms with Crippen molar-refractivity contribution in [3.8, 4) is 23.8 Å². The van der Waals surface area contributed by atoms with Gasteiger partial charge in [0.1, 0.15) is 0 Å². The molecule has 0 saturated heterocycles. The zero-order valence-electron chi connectivity index (χ0n) is 15.6. The summed E-state index contributed by atoms with van der Waals surface area (Å²) in [7, 11) is 0. The van der Waals surface area contributed by atoms with Crippen LogP contribution in [0.3, 0.4) is 0 Å². The summed E-state index contributed by atoms with van der Waals surface area (Å²) in [5.41, 5.74) is 5.04. The minimum atomic E-state index is 0.965. The van der Waals surface area contributed by atoms with Gasteiger partial charge in [-0.15, -0.1) is 0 Å². The third kappa shape index (κ3) is 20.9. The van der Waals surface area contributed by atoms with Crippen molar-refractivity contribution in [1.29, 1.82) is 0 Å². The molecule has 2 N–H and O–H groups in total. The third-order valence-electron chi connectivity index (χ3n) is 4.38. The zero-order chi connectivity index (χ0) is 16.8. The molecule has 0 amide bonds. The number of hydrogen-bond acceptors (Lipinski definition) is 1. The Morgan fingerprint density at radius 1 is 0.522 bits per heavy atom. The lowest BCUT2D eigenvalue weighted by Gasteiger charge is -2.03. The molecule has 0 aromatic rings. The van der Waals surface area contributed by atoms with Crippen molar-refractivity contribution in [3.05, 3.63) is 0 Å². The molecule has 0 rings (SSSR count). The van der Waals surface area contributed by atoms with Crippen LogP contribution in [0.2, 0.25) is 0 Å². The second-order valence-electron chi connectivity index (χ2n) is 6.62. The first-order chi connectivity index (χ1) is 11.4. The van der Waals surface area contributed by atoms with E-state index in [0.29, 0.717) is 0 Å². The first kappa shape index (κ1) is 21.9. The van der Waals surface area contributed by atoms with Gasteiger partial charge in [-0.25, -0.2) is 0 Å². The van der Waals surface area contributed by atoms with E-state index in [0.717, 1.165) is 6.42 Å². The highest BCUT2D eigenvalue weighted by molar-refractivity contribution is 5.24. The summed E-state index contributed by atoms with van der Waals surface area (Å²) in [5, 5.41) is 0. The lowest BCUT2D eigenvalue weighted by molar-refractivity contribution is 0.530. The Bertz CT molecular complexity index is 336. The van der Waals surface area contributed by atoms with Crippen LogP contribution in [-0.4, -0.2) is 0 Å². The predicted octanol–water partition coefficient (Wildman–Crippen LogP) is 6.56. The fourth-order valence-electron chi connectivity index (χ4n) is 2.90. The van der Waals surface area contributed by atoms with Gasteiger partial charge in [-0.1, -0.05) is 109 Å². The molecule has 0 heterocycles. The highest BCUT2D eigenvalue weighted by Gasteiger charge is 1.94. The molecule has 0 aliphatic rings. The van der Waals surface area contributed by atoms with E-state index >= 15 is 0 Å². The van der Waals surface area contributed by atoms with Crippen LogP contribution < -0.4 is 5.73 Å². The van der Waals surface area contributed by atoms with Gasteiger partial charge in [0.25, 0.3) is 0 Å². The van der Waals surface area contributed by atoms with Crippen molar-refractivity contribution in [2.24, 2.45) is 5.73 Å². The monoisotopic (exact) mass is 317 g/mol. The maximum Gasteiger partial charge on any atom is 0.0159 e. The van der Waals surface area contributed by atoms with Gasteiger partial charge in [-0.2, -0.15) is 0 Å². The molecule has 0 fully saturated rings. The first-order valence-corrected chi connectivity index (χ1v) is 10.1. The molecule has 0 aromatic carbocycles. The molecule has 0 unspecified atom stereocenters. The Balaban J connectivity index is 3.02. The van der Waals surface area contributed by atoms with E-state index in [2.05, 4.69) is 30.7 Å². The van der Waals surface area contributed by atoms with Gasteiger partial charge in [0, 0.05) is 18.4 Å². The van der Waals surface area contributed by atoms with Crippen LogP contribution in [0.1, 0.15) is 116 Å². The van der Waals surface area contributed by atoms with Crippen LogP contribution in [0.25, 0.3) is 0 Å². The highest BCUT2D eigenvalue weighted by Crippen LogP contribution is 2.13. The normalized spacial score (nSPS) is 9.78. The molecule has 0 saturated carbocycles. The molecule has 0 aromatic heterocycles. The molecular weight excluding hydrogens is 278 g/mol. The SMILES string of the molecule is CCCCCCCCCCCCCCCCCCC#CC#CN. The van der Waals surface area contributed by atoms with Crippen molar-refractivity contribution in [2.45, 2.75) is 116 Å². The molecule has 1 heteroatoms. The Hall–Kier alpha value is -1.08. The highest BCUT2D eigenvalue weighted by atomic mass is 14.4. The Labute approximate surface area is 146 Å². The fraction of sp³-hybridized carbons (Fsp3) is 0.818. The summed E-state index contributed by atoms with van der Waals surface area (Å²) < 4.78 is 0. The summed E-state index contributed by atoms with van der Waals surface area (Å²) in [6.45, 7) is 2.29. The zero-order valence-corrected chi connectivity index (χ0v) is 15.6. The van der Waals surface area contributed by atoms with Gasteiger partial charge in [0.2, 0.25) is 0 Å².